The van der Waals surface area contributed by atoms with Gasteiger partial charge in [-0.05, 0) is 24.6 Å². The number of aromatic nitrogens is 2. The maximum absolute atomic E-state index is 11.9. The molecule has 1 amide bonds. The Balaban J connectivity index is 2.01. The topological polar surface area (TPSA) is 93.2 Å². The number of unbranched alkanes of at least 4 members (excludes halogenated alkanes) is 1. The van der Waals surface area contributed by atoms with Gasteiger partial charge in [-0.3, -0.25) is 4.79 Å². The summed E-state index contributed by atoms with van der Waals surface area (Å²) in [6.07, 6.45) is 4.82. The summed E-state index contributed by atoms with van der Waals surface area (Å²) in [5.41, 5.74) is 1.37. The molecular weight excluding hydrogens is 308 g/mol. The summed E-state index contributed by atoms with van der Waals surface area (Å²) >= 11 is 0. The van der Waals surface area contributed by atoms with Crippen LogP contribution in [0.1, 0.15) is 40.6 Å². The third-order valence-electron chi connectivity index (χ3n) is 3.26. The fraction of sp³-hybridized carbons (Fsp3) is 0.294. The highest BCUT2D eigenvalue weighted by Gasteiger charge is 2.08. The number of hydrogen-bond acceptors (Lipinski definition) is 6. The van der Waals surface area contributed by atoms with Crippen LogP contribution in [0.25, 0.3) is 0 Å². The molecule has 7 heteroatoms. The second-order valence-corrected chi connectivity index (χ2v) is 5.09. The number of benzene rings is 1. The van der Waals surface area contributed by atoms with E-state index in [-0.39, 0.29) is 11.6 Å². The van der Waals surface area contributed by atoms with Crippen molar-refractivity contribution in [3.8, 4) is 0 Å². The van der Waals surface area contributed by atoms with Gasteiger partial charge in [0.15, 0.2) is 0 Å². The third kappa shape index (κ3) is 4.77. The van der Waals surface area contributed by atoms with Crippen LogP contribution in [-0.2, 0) is 4.74 Å². The first-order chi connectivity index (χ1) is 11.6. The number of rotatable bonds is 7. The summed E-state index contributed by atoms with van der Waals surface area (Å²) in [4.78, 5) is 31.6. The molecular formula is C17H20N4O3. The van der Waals surface area contributed by atoms with Gasteiger partial charge in [-0.15, -0.1) is 0 Å². The zero-order valence-corrected chi connectivity index (χ0v) is 13.7. The van der Waals surface area contributed by atoms with E-state index in [0.717, 1.165) is 12.8 Å². The Morgan fingerprint density at radius 2 is 2.04 bits per heavy atom. The van der Waals surface area contributed by atoms with Crippen LogP contribution in [0, 0.1) is 0 Å². The van der Waals surface area contributed by atoms with E-state index >= 15 is 0 Å². The summed E-state index contributed by atoms with van der Waals surface area (Å²) in [7, 11) is 1.33. The molecule has 2 rings (SSSR count). The third-order valence-corrected chi connectivity index (χ3v) is 3.26. The molecule has 126 valence electrons. The lowest BCUT2D eigenvalue weighted by Gasteiger charge is -2.08. The molecule has 1 heterocycles. The standard InChI is InChI=1S/C17H20N4O3/c1-3-4-8-18-16(22)14-10-20-15(11-19-14)21-13-7-5-6-12(9-13)17(23)24-2/h5-7,9-11H,3-4,8H2,1-2H3,(H,18,22)(H,20,21). The minimum Gasteiger partial charge on any atom is -0.465 e. The van der Waals surface area contributed by atoms with Crippen LogP contribution in [0.4, 0.5) is 11.5 Å². The van der Waals surface area contributed by atoms with Crippen molar-refractivity contribution in [3.05, 3.63) is 47.9 Å². The second kappa shape index (κ2) is 8.61. The molecule has 0 radical (unpaired) electrons. The van der Waals surface area contributed by atoms with E-state index in [1.807, 2.05) is 0 Å². The largest absolute Gasteiger partial charge is 0.465 e. The monoisotopic (exact) mass is 328 g/mol. The number of esters is 1. The van der Waals surface area contributed by atoms with Crippen molar-refractivity contribution in [1.29, 1.82) is 0 Å². The number of ether oxygens (including phenoxy) is 1. The van der Waals surface area contributed by atoms with E-state index in [4.69, 9.17) is 0 Å². The van der Waals surface area contributed by atoms with Crippen molar-refractivity contribution < 1.29 is 14.3 Å². The Morgan fingerprint density at radius 3 is 2.71 bits per heavy atom. The molecule has 0 unspecified atom stereocenters. The molecule has 0 spiro atoms. The predicted octanol–water partition coefficient (Wildman–Crippen LogP) is 2.54. The molecule has 2 aromatic rings. The number of nitrogens with one attached hydrogen (secondary N) is 2. The van der Waals surface area contributed by atoms with Crippen LogP contribution >= 0.6 is 0 Å². The molecule has 0 aliphatic rings. The van der Waals surface area contributed by atoms with Crippen LogP contribution < -0.4 is 10.6 Å². The Labute approximate surface area is 140 Å². The highest BCUT2D eigenvalue weighted by molar-refractivity contribution is 5.92. The van der Waals surface area contributed by atoms with Gasteiger partial charge in [0, 0.05) is 12.2 Å². The van der Waals surface area contributed by atoms with Gasteiger partial charge in [-0.1, -0.05) is 19.4 Å². The number of hydrogen-bond donors (Lipinski definition) is 2. The Kier molecular flexibility index (Phi) is 6.24. The van der Waals surface area contributed by atoms with Crippen molar-refractivity contribution in [3.63, 3.8) is 0 Å². The maximum atomic E-state index is 11.9. The van der Waals surface area contributed by atoms with Crippen LogP contribution in [0.3, 0.4) is 0 Å². The zero-order valence-electron chi connectivity index (χ0n) is 13.7. The quantitative estimate of drug-likeness (QED) is 0.599. The first-order valence-electron chi connectivity index (χ1n) is 7.69. The van der Waals surface area contributed by atoms with E-state index in [0.29, 0.717) is 23.6 Å². The minimum absolute atomic E-state index is 0.241. The van der Waals surface area contributed by atoms with Gasteiger partial charge >= 0.3 is 5.97 Å². The first-order valence-corrected chi connectivity index (χ1v) is 7.69. The molecule has 24 heavy (non-hydrogen) atoms. The predicted molar refractivity (Wildman–Crippen MR) is 90.3 cm³/mol. The van der Waals surface area contributed by atoms with E-state index in [9.17, 15) is 9.59 Å². The summed E-state index contributed by atoms with van der Waals surface area (Å²) < 4.78 is 4.68. The lowest BCUT2D eigenvalue weighted by molar-refractivity contribution is 0.0600. The van der Waals surface area contributed by atoms with Crippen molar-refractivity contribution in [2.45, 2.75) is 19.8 Å². The lowest BCUT2D eigenvalue weighted by Crippen LogP contribution is -2.25. The molecule has 0 saturated carbocycles. The lowest BCUT2D eigenvalue weighted by atomic mass is 10.2. The average molecular weight is 328 g/mol. The molecule has 1 aromatic heterocycles. The Morgan fingerprint density at radius 1 is 1.21 bits per heavy atom. The fourth-order valence-electron chi connectivity index (χ4n) is 1.97. The molecule has 0 saturated heterocycles. The Bertz CT molecular complexity index is 701. The summed E-state index contributed by atoms with van der Waals surface area (Å²) in [5.74, 6) is -0.179. The fourth-order valence-corrected chi connectivity index (χ4v) is 1.97. The van der Waals surface area contributed by atoms with Crippen LogP contribution in [0.5, 0.6) is 0 Å². The molecule has 7 nitrogen and oxygen atoms in total. The second-order valence-electron chi connectivity index (χ2n) is 5.09. The summed E-state index contributed by atoms with van der Waals surface area (Å²) in [5, 5.41) is 5.81. The van der Waals surface area contributed by atoms with E-state index in [1.54, 1.807) is 24.3 Å². The van der Waals surface area contributed by atoms with Crippen molar-refractivity contribution in [2.24, 2.45) is 0 Å². The molecule has 2 N–H and O–H groups in total. The highest BCUT2D eigenvalue weighted by Crippen LogP contribution is 2.16. The van der Waals surface area contributed by atoms with E-state index < -0.39 is 5.97 Å². The number of amides is 1. The van der Waals surface area contributed by atoms with Gasteiger partial charge < -0.3 is 15.4 Å². The van der Waals surface area contributed by atoms with Crippen molar-refractivity contribution >= 4 is 23.4 Å². The highest BCUT2D eigenvalue weighted by atomic mass is 16.5. The molecule has 1 aromatic carbocycles. The SMILES string of the molecule is CCCCNC(=O)c1cnc(Nc2cccc(C(=O)OC)c2)cn1. The summed E-state index contributed by atoms with van der Waals surface area (Å²) in [6.45, 7) is 2.68. The number of methoxy groups -OCH3 is 1. The van der Waals surface area contributed by atoms with Crippen LogP contribution in [-0.4, -0.2) is 35.5 Å². The number of anilines is 2. The molecule has 0 aliphatic carbocycles. The van der Waals surface area contributed by atoms with E-state index in [2.05, 4.69) is 32.3 Å². The van der Waals surface area contributed by atoms with Crippen LogP contribution in [0.2, 0.25) is 0 Å². The molecule has 0 atom stereocenters. The number of nitrogens with zero attached hydrogens (tertiary/aromatic N) is 2. The molecule has 0 aliphatic heterocycles. The minimum atomic E-state index is -0.413. The van der Waals surface area contributed by atoms with Crippen LogP contribution in [0.15, 0.2) is 36.7 Å². The van der Waals surface area contributed by atoms with Gasteiger partial charge in [0.1, 0.15) is 11.5 Å². The van der Waals surface area contributed by atoms with Crippen molar-refractivity contribution in [1.82, 2.24) is 15.3 Å². The van der Waals surface area contributed by atoms with E-state index in [1.165, 1.54) is 19.5 Å². The van der Waals surface area contributed by atoms with Gasteiger partial charge in [0.2, 0.25) is 0 Å². The molecule has 0 bridgehead atoms. The van der Waals surface area contributed by atoms with Gasteiger partial charge in [-0.2, -0.15) is 0 Å². The number of carbonyl (C=O) groups excluding carboxylic acids is 2. The smallest absolute Gasteiger partial charge is 0.337 e. The maximum Gasteiger partial charge on any atom is 0.337 e. The van der Waals surface area contributed by atoms with Gasteiger partial charge in [0.05, 0.1) is 25.1 Å². The van der Waals surface area contributed by atoms with Gasteiger partial charge in [0.25, 0.3) is 5.91 Å². The first kappa shape index (κ1) is 17.4. The Hall–Kier alpha value is -2.96. The normalized spacial score (nSPS) is 10.1. The van der Waals surface area contributed by atoms with Crippen molar-refractivity contribution in [2.75, 3.05) is 19.0 Å². The van der Waals surface area contributed by atoms with Gasteiger partial charge in [-0.25, -0.2) is 14.8 Å². The average Bonchev–Trinajstić information content (AvgIpc) is 2.62. The summed E-state index contributed by atoms with van der Waals surface area (Å²) in [6, 6.07) is 6.84. The number of carbonyl (C=O) groups is 2. The molecule has 0 fully saturated rings. The zero-order chi connectivity index (χ0) is 17.4.